The highest BCUT2D eigenvalue weighted by Crippen LogP contribution is 2.45. The van der Waals surface area contributed by atoms with Crippen LogP contribution >= 0.6 is 15.6 Å². The number of allylic oxidation sites excluding steroid dienone is 18. The van der Waals surface area contributed by atoms with Crippen molar-refractivity contribution in [3.05, 3.63) is 109 Å². The van der Waals surface area contributed by atoms with Gasteiger partial charge < -0.3 is 34.2 Å². The summed E-state index contributed by atoms with van der Waals surface area (Å²) in [5.74, 6) is -1.65. The molecule has 18 heteroatoms. The number of aliphatic hydroxyl groups excluding tert-OH is 2. The van der Waals surface area contributed by atoms with Crippen LogP contribution in [-0.2, 0) is 55.8 Å². The zero-order valence-corrected chi connectivity index (χ0v) is 51.5. The van der Waals surface area contributed by atoms with Gasteiger partial charge in [0.15, 0.2) is 6.10 Å². The number of unbranched alkanes of at least 4 members (excludes halogenated alkanes) is 15. The number of carbonyl (C=O) groups excluding carboxylic acids is 3. The fraction of sp³-hybridized carbons (Fsp3) is 0.667. The number of rotatable bonds is 56. The first-order chi connectivity index (χ1) is 39.2. The number of hydrogen-bond acceptors (Lipinski definition) is 14. The Labute approximate surface area is 488 Å². The van der Waals surface area contributed by atoms with Crippen LogP contribution in [-0.4, -0.2) is 95.9 Å². The molecular weight excluding hydrogens is 1070 g/mol. The summed E-state index contributed by atoms with van der Waals surface area (Å²) < 4.78 is 60.5. The lowest BCUT2D eigenvalue weighted by Crippen LogP contribution is -2.30. The quantitative estimate of drug-likeness (QED) is 0.0146. The van der Waals surface area contributed by atoms with E-state index in [-0.39, 0.29) is 19.3 Å². The number of ether oxygens (including phenoxy) is 3. The maximum Gasteiger partial charge on any atom is 0.472 e. The van der Waals surface area contributed by atoms with Crippen molar-refractivity contribution in [1.29, 1.82) is 0 Å². The third kappa shape index (κ3) is 57.8. The Morgan fingerprint density at radius 3 is 1.12 bits per heavy atom. The first-order valence-corrected chi connectivity index (χ1v) is 33.2. The maximum atomic E-state index is 12.8. The molecule has 0 bridgehead atoms. The van der Waals surface area contributed by atoms with Crippen LogP contribution in [0, 0.1) is 0 Å². The minimum absolute atomic E-state index is 0.0881. The molecule has 0 rings (SSSR count). The lowest BCUT2D eigenvalue weighted by Gasteiger charge is -2.21. The SMILES string of the molecule is CC/C=C\C/C=C\C/C=C\C/C=C\C/C=C\C/C=C\CCCCC(=O)OCC(O)COP(=O)(O)OCC(O)COP(=O)(O)OCC(COC(=O)CCCCCCC/C=C\C/C=C\CCC)OC(=O)CCCCCCC/C=C\CCCC. The molecule has 0 saturated carbocycles. The fourth-order valence-corrected chi connectivity index (χ4v) is 8.88. The van der Waals surface area contributed by atoms with E-state index < -0.39 is 91.5 Å². The van der Waals surface area contributed by atoms with Gasteiger partial charge in [-0.1, -0.05) is 188 Å². The Balaban J connectivity index is 4.64. The molecule has 4 N–H and O–H groups in total. The molecule has 0 spiro atoms. The Morgan fingerprint density at radius 2 is 0.679 bits per heavy atom. The van der Waals surface area contributed by atoms with E-state index in [2.05, 4.69) is 130 Å². The lowest BCUT2D eigenvalue weighted by molar-refractivity contribution is -0.161. The van der Waals surface area contributed by atoms with Crippen LogP contribution in [0.25, 0.3) is 0 Å². The zero-order chi connectivity index (χ0) is 59.6. The van der Waals surface area contributed by atoms with E-state index in [0.29, 0.717) is 19.3 Å². The zero-order valence-electron chi connectivity index (χ0n) is 49.7. The Bertz CT molecular complexity index is 1920. The van der Waals surface area contributed by atoms with Crippen LogP contribution in [0.1, 0.15) is 213 Å². The van der Waals surface area contributed by atoms with Crippen LogP contribution in [0.2, 0.25) is 0 Å². The van der Waals surface area contributed by atoms with Crippen molar-refractivity contribution >= 4 is 33.6 Å². The van der Waals surface area contributed by atoms with Gasteiger partial charge in [-0.3, -0.25) is 32.5 Å². The molecule has 16 nitrogen and oxygen atoms in total. The number of hydrogen-bond donors (Lipinski definition) is 4. The van der Waals surface area contributed by atoms with Gasteiger partial charge in [0.2, 0.25) is 0 Å². The van der Waals surface area contributed by atoms with Gasteiger partial charge >= 0.3 is 33.6 Å². The summed E-state index contributed by atoms with van der Waals surface area (Å²) in [5, 5.41) is 20.4. The Morgan fingerprint density at radius 1 is 0.358 bits per heavy atom. The van der Waals surface area contributed by atoms with Crippen LogP contribution in [0.3, 0.4) is 0 Å². The summed E-state index contributed by atoms with van der Waals surface area (Å²) >= 11 is 0. The van der Waals surface area contributed by atoms with E-state index >= 15 is 0 Å². The largest absolute Gasteiger partial charge is 0.472 e. The second-order valence-corrected chi connectivity index (χ2v) is 22.7. The molecule has 464 valence electrons. The van der Waals surface area contributed by atoms with Crippen molar-refractivity contribution in [1.82, 2.24) is 0 Å². The van der Waals surface area contributed by atoms with Crippen LogP contribution in [0.5, 0.6) is 0 Å². The number of phosphoric acid groups is 2. The molecule has 81 heavy (non-hydrogen) atoms. The molecule has 0 amide bonds. The minimum Gasteiger partial charge on any atom is -0.463 e. The van der Waals surface area contributed by atoms with E-state index in [1.807, 2.05) is 0 Å². The fourth-order valence-electron chi connectivity index (χ4n) is 7.30. The van der Waals surface area contributed by atoms with Gasteiger partial charge in [0.05, 0.1) is 26.4 Å². The third-order valence-electron chi connectivity index (χ3n) is 11.9. The number of aliphatic hydroxyl groups is 2. The van der Waals surface area contributed by atoms with E-state index in [1.54, 1.807) is 0 Å². The molecule has 0 saturated heterocycles. The molecule has 0 aliphatic heterocycles. The van der Waals surface area contributed by atoms with Crippen molar-refractivity contribution < 1.29 is 75.8 Å². The van der Waals surface area contributed by atoms with Gasteiger partial charge in [-0.25, -0.2) is 9.13 Å². The number of carbonyl (C=O) groups is 3. The van der Waals surface area contributed by atoms with Gasteiger partial charge in [-0.15, -0.1) is 0 Å². The van der Waals surface area contributed by atoms with Gasteiger partial charge in [-0.05, 0) is 116 Å². The van der Waals surface area contributed by atoms with Crippen molar-refractivity contribution in [2.75, 3.05) is 39.6 Å². The van der Waals surface area contributed by atoms with Crippen LogP contribution in [0.4, 0.5) is 0 Å². The number of phosphoric ester groups is 2. The first-order valence-electron chi connectivity index (χ1n) is 30.2. The summed E-state index contributed by atoms with van der Waals surface area (Å²) in [6, 6.07) is 0. The highest BCUT2D eigenvalue weighted by atomic mass is 31.2. The van der Waals surface area contributed by atoms with Crippen LogP contribution in [0.15, 0.2) is 109 Å². The second-order valence-electron chi connectivity index (χ2n) is 19.8. The van der Waals surface area contributed by atoms with E-state index in [0.717, 1.165) is 141 Å². The maximum absolute atomic E-state index is 12.8. The molecule has 0 aliphatic carbocycles. The number of esters is 3. The predicted octanol–water partition coefficient (Wildman–Crippen LogP) is 15.7. The summed E-state index contributed by atoms with van der Waals surface area (Å²) in [4.78, 5) is 58.0. The van der Waals surface area contributed by atoms with E-state index in [4.69, 9.17) is 32.3 Å². The summed E-state index contributed by atoms with van der Waals surface area (Å²) in [7, 11) is -9.78. The average molecular weight is 1180 g/mol. The minimum atomic E-state index is -4.92. The highest BCUT2D eigenvalue weighted by molar-refractivity contribution is 7.47. The van der Waals surface area contributed by atoms with Crippen molar-refractivity contribution in [3.63, 3.8) is 0 Å². The van der Waals surface area contributed by atoms with Gasteiger partial charge in [0, 0.05) is 19.3 Å². The smallest absolute Gasteiger partial charge is 0.463 e. The molecule has 5 unspecified atom stereocenters. The molecule has 0 aromatic rings. The first kappa shape index (κ1) is 77.2. The Hall–Kier alpha value is -3.79. The molecule has 0 fully saturated rings. The molecular formula is C63H106O16P2. The molecule has 0 heterocycles. The molecule has 5 atom stereocenters. The van der Waals surface area contributed by atoms with Crippen molar-refractivity contribution in [2.24, 2.45) is 0 Å². The van der Waals surface area contributed by atoms with Gasteiger partial charge in [-0.2, -0.15) is 0 Å². The third-order valence-corrected chi connectivity index (χ3v) is 13.8. The summed E-state index contributed by atoms with van der Waals surface area (Å²) in [6.45, 7) is 2.32. The topological polar surface area (TPSA) is 231 Å². The second kappa shape index (κ2) is 56.7. The summed E-state index contributed by atoms with van der Waals surface area (Å²) in [6.07, 6.45) is 60.3. The highest BCUT2D eigenvalue weighted by Gasteiger charge is 2.29. The van der Waals surface area contributed by atoms with Gasteiger partial charge in [0.25, 0.3) is 0 Å². The Kier molecular flexibility index (Phi) is 54.0. The normalized spacial score (nSPS) is 15.2. The van der Waals surface area contributed by atoms with Crippen molar-refractivity contribution in [2.45, 2.75) is 232 Å². The van der Waals surface area contributed by atoms with E-state index in [1.165, 1.54) is 12.8 Å². The van der Waals surface area contributed by atoms with Crippen molar-refractivity contribution in [3.8, 4) is 0 Å². The summed E-state index contributed by atoms with van der Waals surface area (Å²) in [5.41, 5.74) is 0. The lowest BCUT2D eigenvalue weighted by atomic mass is 10.1. The van der Waals surface area contributed by atoms with Crippen LogP contribution < -0.4 is 0 Å². The molecule has 0 aliphatic rings. The molecule has 0 aromatic heterocycles. The monoisotopic (exact) mass is 1180 g/mol. The predicted molar refractivity (Wildman–Crippen MR) is 325 cm³/mol. The van der Waals surface area contributed by atoms with Gasteiger partial charge in [0.1, 0.15) is 25.4 Å². The average Bonchev–Trinajstić information content (AvgIpc) is 3.45. The van der Waals surface area contributed by atoms with E-state index in [9.17, 15) is 43.5 Å². The molecule has 0 aromatic carbocycles. The molecule has 0 radical (unpaired) electrons. The standard InChI is InChI=1S/C63H106O16P2/c1-4-7-10-13-16-19-22-24-25-26-27-28-29-30-31-33-36-37-40-43-46-49-61(66)73-52-58(64)53-75-80(69,70)76-54-59(65)55-77-81(71,72)78-57-60(79-63(68)51-48-45-42-39-34-21-18-15-12-9-6-3)56-74-62(67)50-47-44-41-38-35-32-23-20-17-14-11-8-5-2/h7,10-11,14-16,18-20,23-25,27-28,30-31,36-37,58-60,64-65H,4-6,8-9,12-13,17,21-22,26,29,32-35,38-57H2,1-3H3,(H,69,70)(H,71,72)/b10-7-,14-11-,18-15-,19-16-,23-20-,25-24-,28-27-,31-30-,37-36-.